The summed E-state index contributed by atoms with van der Waals surface area (Å²) >= 11 is 0. The molecule has 68 valence electrons. The van der Waals surface area contributed by atoms with Crippen LogP contribution in [0.25, 0.3) is 0 Å². The molecule has 0 amide bonds. The minimum atomic E-state index is -1.11. The minimum absolute atomic E-state index is 0.00898. The van der Waals surface area contributed by atoms with Crippen molar-refractivity contribution in [2.24, 2.45) is 0 Å². The average molecular weight is 182 g/mol. The zero-order chi connectivity index (χ0) is 9.42. The molecule has 0 aromatic heterocycles. The van der Waals surface area contributed by atoms with Gasteiger partial charge in [-0.25, -0.2) is 4.79 Å². The first-order chi connectivity index (χ1) is 6.20. The molecule has 1 aromatic carbocycles. The van der Waals surface area contributed by atoms with Crippen molar-refractivity contribution < 1.29 is 24.5 Å². The summed E-state index contributed by atoms with van der Waals surface area (Å²) in [5, 5.41) is 18.0. The van der Waals surface area contributed by atoms with E-state index in [1.54, 1.807) is 0 Å². The number of phenols is 1. The fourth-order valence-corrected chi connectivity index (χ4v) is 1.15. The average Bonchev–Trinajstić information content (AvgIpc) is 2.53. The molecule has 1 heterocycles. The molecule has 5 nitrogen and oxygen atoms in total. The second kappa shape index (κ2) is 2.55. The van der Waals surface area contributed by atoms with Crippen LogP contribution >= 0.6 is 0 Å². The van der Waals surface area contributed by atoms with Crippen LogP contribution in [0.3, 0.4) is 0 Å². The maximum absolute atomic E-state index is 10.7. The molecule has 0 bridgehead atoms. The Labute approximate surface area is 73.1 Å². The highest BCUT2D eigenvalue weighted by atomic mass is 16.7. The molecule has 1 aromatic rings. The number of hydrogen-bond donors (Lipinski definition) is 2. The molecule has 0 radical (unpaired) electrons. The molecule has 0 unspecified atom stereocenters. The molecule has 13 heavy (non-hydrogen) atoms. The zero-order valence-electron chi connectivity index (χ0n) is 6.48. The monoisotopic (exact) mass is 182 g/mol. The fourth-order valence-electron chi connectivity index (χ4n) is 1.15. The first-order valence-corrected chi connectivity index (χ1v) is 3.55. The number of hydrogen-bond acceptors (Lipinski definition) is 4. The smallest absolute Gasteiger partial charge is 0.339 e. The van der Waals surface area contributed by atoms with Crippen LogP contribution in [0.2, 0.25) is 0 Å². The third-order valence-electron chi connectivity index (χ3n) is 1.73. The Morgan fingerprint density at radius 3 is 2.69 bits per heavy atom. The van der Waals surface area contributed by atoms with Gasteiger partial charge in [0.25, 0.3) is 0 Å². The molecule has 1 aliphatic heterocycles. The number of ether oxygens (including phenoxy) is 2. The van der Waals surface area contributed by atoms with E-state index in [1.165, 1.54) is 12.1 Å². The van der Waals surface area contributed by atoms with Gasteiger partial charge in [0.05, 0.1) is 0 Å². The molecular weight excluding hydrogens is 176 g/mol. The lowest BCUT2D eigenvalue weighted by Crippen LogP contribution is -1.99. The fraction of sp³-hybridized carbons (Fsp3) is 0.125. The zero-order valence-corrected chi connectivity index (χ0v) is 6.48. The number of carboxylic acid groups (broad SMARTS) is 1. The lowest BCUT2D eigenvalue weighted by atomic mass is 10.2. The molecular formula is C8H6O5. The van der Waals surface area contributed by atoms with E-state index in [1.807, 2.05) is 0 Å². The Kier molecular flexibility index (Phi) is 1.51. The third kappa shape index (κ3) is 1.05. The van der Waals surface area contributed by atoms with Crippen LogP contribution in [0, 0.1) is 0 Å². The highest BCUT2D eigenvalue weighted by Gasteiger charge is 2.24. The molecule has 0 saturated carbocycles. The SMILES string of the molecule is O=C(O)c1ccc(O)c2c1OCO2. The number of carboxylic acids is 1. The Morgan fingerprint density at radius 2 is 2.00 bits per heavy atom. The summed E-state index contributed by atoms with van der Waals surface area (Å²) < 4.78 is 9.79. The van der Waals surface area contributed by atoms with Crippen molar-refractivity contribution in [3.05, 3.63) is 17.7 Å². The van der Waals surface area contributed by atoms with E-state index < -0.39 is 5.97 Å². The topological polar surface area (TPSA) is 76.0 Å². The Balaban J connectivity index is 2.62. The van der Waals surface area contributed by atoms with Crippen LogP contribution in [-0.2, 0) is 0 Å². The van der Waals surface area contributed by atoms with Crippen LogP contribution < -0.4 is 9.47 Å². The van der Waals surface area contributed by atoms with Crippen LogP contribution in [0.4, 0.5) is 0 Å². The van der Waals surface area contributed by atoms with Gasteiger partial charge in [-0.15, -0.1) is 0 Å². The van der Waals surface area contributed by atoms with E-state index in [-0.39, 0.29) is 29.6 Å². The van der Waals surface area contributed by atoms with Gasteiger partial charge in [-0.05, 0) is 12.1 Å². The number of aromatic carboxylic acids is 1. The van der Waals surface area contributed by atoms with Crippen molar-refractivity contribution in [3.63, 3.8) is 0 Å². The van der Waals surface area contributed by atoms with E-state index in [0.29, 0.717) is 0 Å². The molecule has 2 rings (SSSR count). The molecule has 5 heteroatoms. The summed E-state index contributed by atoms with van der Waals surface area (Å²) in [5.41, 5.74) is -0.00898. The van der Waals surface area contributed by atoms with Crippen molar-refractivity contribution >= 4 is 5.97 Å². The van der Waals surface area contributed by atoms with Gasteiger partial charge in [0.1, 0.15) is 5.56 Å². The van der Waals surface area contributed by atoms with E-state index in [9.17, 15) is 9.90 Å². The number of rotatable bonds is 1. The molecule has 1 aliphatic rings. The van der Waals surface area contributed by atoms with Gasteiger partial charge in [0.15, 0.2) is 11.5 Å². The van der Waals surface area contributed by atoms with Crippen molar-refractivity contribution in [1.29, 1.82) is 0 Å². The normalized spacial score (nSPS) is 12.9. The standard InChI is InChI=1S/C8H6O5/c9-5-2-1-4(8(10)11)6-7(5)13-3-12-6/h1-2,9H,3H2,(H,10,11). The van der Waals surface area contributed by atoms with Gasteiger partial charge in [-0.1, -0.05) is 0 Å². The highest BCUT2D eigenvalue weighted by molar-refractivity contribution is 5.92. The van der Waals surface area contributed by atoms with Crippen LogP contribution in [0.15, 0.2) is 12.1 Å². The number of phenolic OH excluding ortho intramolecular Hbond substituents is 1. The Morgan fingerprint density at radius 1 is 1.31 bits per heavy atom. The van der Waals surface area contributed by atoms with Gasteiger partial charge in [0, 0.05) is 0 Å². The van der Waals surface area contributed by atoms with Crippen molar-refractivity contribution in [2.75, 3.05) is 6.79 Å². The Bertz CT molecular complexity index is 371. The number of carbonyl (C=O) groups is 1. The summed E-state index contributed by atoms with van der Waals surface area (Å²) in [6.07, 6.45) is 0. The molecule has 0 aliphatic carbocycles. The first-order valence-electron chi connectivity index (χ1n) is 3.55. The van der Waals surface area contributed by atoms with Crippen LogP contribution in [0.5, 0.6) is 17.2 Å². The summed E-state index contributed by atoms with van der Waals surface area (Å²) in [6.45, 7) is -0.0623. The summed E-state index contributed by atoms with van der Waals surface area (Å²) in [4.78, 5) is 10.7. The highest BCUT2D eigenvalue weighted by Crippen LogP contribution is 2.42. The van der Waals surface area contributed by atoms with Crippen LogP contribution in [0.1, 0.15) is 10.4 Å². The Hall–Kier alpha value is -1.91. The predicted molar refractivity (Wildman–Crippen MR) is 41.2 cm³/mol. The minimum Gasteiger partial charge on any atom is -0.504 e. The number of aromatic hydroxyl groups is 1. The van der Waals surface area contributed by atoms with Crippen molar-refractivity contribution in [2.45, 2.75) is 0 Å². The summed E-state index contributed by atoms with van der Waals surface area (Å²) in [5.74, 6) is -1.04. The lowest BCUT2D eigenvalue weighted by Gasteiger charge is -2.01. The maximum atomic E-state index is 10.7. The predicted octanol–water partition coefficient (Wildman–Crippen LogP) is 0.819. The van der Waals surface area contributed by atoms with Crippen molar-refractivity contribution in [1.82, 2.24) is 0 Å². The third-order valence-corrected chi connectivity index (χ3v) is 1.73. The van der Waals surface area contributed by atoms with Gasteiger partial charge < -0.3 is 19.7 Å². The second-order valence-electron chi connectivity index (χ2n) is 2.50. The van der Waals surface area contributed by atoms with E-state index in [0.717, 1.165) is 0 Å². The lowest BCUT2D eigenvalue weighted by molar-refractivity contribution is 0.0692. The molecule has 0 saturated heterocycles. The second-order valence-corrected chi connectivity index (χ2v) is 2.50. The molecule has 2 N–H and O–H groups in total. The van der Waals surface area contributed by atoms with Gasteiger partial charge >= 0.3 is 5.97 Å². The van der Waals surface area contributed by atoms with Crippen LogP contribution in [-0.4, -0.2) is 23.0 Å². The summed E-state index contributed by atoms with van der Waals surface area (Å²) in [7, 11) is 0. The maximum Gasteiger partial charge on any atom is 0.339 e. The van der Waals surface area contributed by atoms with E-state index >= 15 is 0 Å². The van der Waals surface area contributed by atoms with Gasteiger partial charge in [-0.3, -0.25) is 0 Å². The molecule has 0 fully saturated rings. The largest absolute Gasteiger partial charge is 0.504 e. The van der Waals surface area contributed by atoms with E-state index in [2.05, 4.69) is 0 Å². The number of fused-ring (bicyclic) bond motifs is 1. The van der Waals surface area contributed by atoms with Gasteiger partial charge in [0.2, 0.25) is 12.5 Å². The van der Waals surface area contributed by atoms with Gasteiger partial charge in [-0.2, -0.15) is 0 Å². The summed E-state index contributed by atoms with van der Waals surface area (Å²) in [6, 6.07) is 2.53. The first kappa shape index (κ1) is 7.72. The number of benzene rings is 1. The van der Waals surface area contributed by atoms with Crippen molar-refractivity contribution in [3.8, 4) is 17.2 Å². The molecule has 0 atom stereocenters. The molecule has 0 spiro atoms. The quantitative estimate of drug-likeness (QED) is 0.672. The van der Waals surface area contributed by atoms with E-state index in [4.69, 9.17) is 14.6 Å².